The molecule has 110 valence electrons. The molecule has 3 rings (SSSR count). The summed E-state index contributed by atoms with van der Waals surface area (Å²) in [5, 5.41) is 3.69. The predicted molar refractivity (Wildman–Crippen MR) is 77.9 cm³/mol. The third-order valence-electron chi connectivity index (χ3n) is 5.40. The SMILES string of the molecule is CCS(=O)(=O)CCCC1(CNC2CC2)CC2CC2C1. The van der Waals surface area contributed by atoms with Crippen LogP contribution in [0, 0.1) is 17.3 Å². The van der Waals surface area contributed by atoms with Crippen molar-refractivity contribution >= 4 is 9.84 Å². The Bertz CT molecular complexity index is 417. The third kappa shape index (κ3) is 3.52. The van der Waals surface area contributed by atoms with E-state index in [1.54, 1.807) is 6.92 Å². The number of hydrogen-bond donors (Lipinski definition) is 1. The van der Waals surface area contributed by atoms with Crippen molar-refractivity contribution in [2.75, 3.05) is 18.1 Å². The number of rotatable bonds is 8. The van der Waals surface area contributed by atoms with E-state index in [4.69, 9.17) is 0 Å². The van der Waals surface area contributed by atoms with Crippen molar-refractivity contribution in [2.24, 2.45) is 17.3 Å². The maximum atomic E-state index is 11.6. The van der Waals surface area contributed by atoms with Crippen molar-refractivity contribution in [1.82, 2.24) is 5.32 Å². The molecule has 3 nitrogen and oxygen atoms in total. The summed E-state index contributed by atoms with van der Waals surface area (Å²) in [7, 11) is -2.78. The maximum Gasteiger partial charge on any atom is 0.150 e. The number of fused-ring (bicyclic) bond motifs is 1. The van der Waals surface area contributed by atoms with Crippen LogP contribution in [0.2, 0.25) is 0 Å². The lowest BCUT2D eigenvalue weighted by Gasteiger charge is -2.31. The molecule has 0 aromatic heterocycles. The van der Waals surface area contributed by atoms with Gasteiger partial charge in [-0.3, -0.25) is 0 Å². The summed E-state index contributed by atoms with van der Waals surface area (Å²) in [6.07, 6.45) is 8.80. The fourth-order valence-electron chi connectivity index (χ4n) is 3.90. The van der Waals surface area contributed by atoms with E-state index < -0.39 is 9.84 Å². The first kappa shape index (κ1) is 13.9. The summed E-state index contributed by atoms with van der Waals surface area (Å²) >= 11 is 0. The molecule has 2 unspecified atom stereocenters. The third-order valence-corrected chi connectivity index (χ3v) is 7.20. The van der Waals surface area contributed by atoms with Crippen molar-refractivity contribution in [3.8, 4) is 0 Å². The molecule has 1 N–H and O–H groups in total. The van der Waals surface area contributed by atoms with Gasteiger partial charge in [0, 0.05) is 18.3 Å². The monoisotopic (exact) mass is 285 g/mol. The molecule has 0 bridgehead atoms. The van der Waals surface area contributed by atoms with Crippen molar-refractivity contribution in [1.29, 1.82) is 0 Å². The highest BCUT2D eigenvalue weighted by atomic mass is 32.2. The molecular formula is C15H27NO2S. The van der Waals surface area contributed by atoms with Gasteiger partial charge in [0.25, 0.3) is 0 Å². The van der Waals surface area contributed by atoms with E-state index in [0.717, 1.165) is 37.3 Å². The fraction of sp³-hybridized carbons (Fsp3) is 1.00. The average molecular weight is 285 g/mol. The minimum atomic E-state index is -2.78. The molecule has 0 heterocycles. The summed E-state index contributed by atoms with van der Waals surface area (Å²) in [6, 6.07) is 0.771. The van der Waals surface area contributed by atoms with Crippen LogP contribution in [0.3, 0.4) is 0 Å². The zero-order chi connectivity index (χ0) is 13.5. The lowest BCUT2D eigenvalue weighted by Crippen LogP contribution is -2.35. The molecule has 3 aliphatic carbocycles. The Morgan fingerprint density at radius 3 is 2.47 bits per heavy atom. The van der Waals surface area contributed by atoms with Gasteiger partial charge in [0.1, 0.15) is 9.84 Å². The largest absolute Gasteiger partial charge is 0.313 e. The summed E-state index contributed by atoms with van der Waals surface area (Å²) in [6.45, 7) is 2.89. The number of hydrogen-bond acceptors (Lipinski definition) is 3. The average Bonchev–Trinajstić information content (AvgIpc) is 3.28. The highest BCUT2D eigenvalue weighted by Crippen LogP contribution is 2.61. The van der Waals surface area contributed by atoms with Gasteiger partial charge in [-0.05, 0) is 62.2 Å². The molecule has 0 saturated heterocycles. The maximum absolute atomic E-state index is 11.6. The second-order valence-electron chi connectivity index (χ2n) is 7.16. The second-order valence-corrected chi connectivity index (χ2v) is 9.63. The van der Waals surface area contributed by atoms with Gasteiger partial charge in [0.05, 0.1) is 5.75 Å². The van der Waals surface area contributed by atoms with Crippen LogP contribution in [0.4, 0.5) is 0 Å². The van der Waals surface area contributed by atoms with E-state index in [1.807, 2.05) is 0 Å². The summed E-state index contributed by atoms with van der Waals surface area (Å²) in [5.41, 5.74) is 0.430. The Balaban J connectivity index is 1.50. The lowest BCUT2D eigenvalue weighted by atomic mass is 9.79. The van der Waals surface area contributed by atoms with Crippen LogP contribution in [-0.2, 0) is 9.84 Å². The summed E-state index contributed by atoms with van der Waals surface area (Å²) in [5.74, 6) is 2.64. The first-order valence-corrected chi connectivity index (χ1v) is 9.78. The van der Waals surface area contributed by atoms with Crippen LogP contribution >= 0.6 is 0 Å². The summed E-state index contributed by atoms with van der Waals surface area (Å²) in [4.78, 5) is 0. The zero-order valence-corrected chi connectivity index (χ0v) is 12.8. The van der Waals surface area contributed by atoms with Crippen LogP contribution in [0.25, 0.3) is 0 Å². The van der Waals surface area contributed by atoms with Crippen LogP contribution in [0.5, 0.6) is 0 Å². The van der Waals surface area contributed by atoms with Gasteiger partial charge in [-0.1, -0.05) is 6.92 Å². The van der Waals surface area contributed by atoms with Gasteiger partial charge in [0.15, 0.2) is 0 Å². The minimum absolute atomic E-state index is 0.297. The minimum Gasteiger partial charge on any atom is -0.313 e. The molecule has 0 spiro atoms. The van der Waals surface area contributed by atoms with E-state index in [1.165, 1.54) is 32.1 Å². The van der Waals surface area contributed by atoms with Crippen LogP contribution < -0.4 is 5.32 Å². The van der Waals surface area contributed by atoms with Crippen molar-refractivity contribution in [3.63, 3.8) is 0 Å². The molecule has 19 heavy (non-hydrogen) atoms. The fourth-order valence-corrected chi connectivity index (χ4v) is 4.78. The Kier molecular flexibility index (Phi) is 3.67. The van der Waals surface area contributed by atoms with Crippen LogP contribution in [-0.4, -0.2) is 32.5 Å². The Morgan fingerprint density at radius 2 is 1.89 bits per heavy atom. The molecule has 0 aliphatic heterocycles. The topological polar surface area (TPSA) is 46.2 Å². The van der Waals surface area contributed by atoms with Gasteiger partial charge in [-0.2, -0.15) is 0 Å². The molecule has 3 aliphatic rings. The van der Waals surface area contributed by atoms with Gasteiger partial charge < -0.3 is 5.32 Å². The van der Waals surface area contributed by atoms with Gasteiger partial charge in [-0.25, -0.2) is 8.42 Å². The van der Waals surface area contributed by atoms with Gasteiger partial charge in [-0.15, -0.1) is 0 Å². The van der Waals surface area contributed by atoms with Crippen molar-refractivity contribution in [2.45, 2.75) is 57.9 Å². The van der Waals surface area contributed by atoms with Crippen LogP contribution in [0.15, 0.2) is 0 Å². The molecule has 0 aromatic rings. The Hall–Kier alpha value is -0.0900. The molecule has 0 amide bonds. The van der Waals surface area contributed by atoms with Gasteiger partial charge >= 0.3 is 0 Å². The first-order chi connectivity index (χ1) is 9.02. The Morgan fingerprint density at radius 1 is 1.21 bits per heavy atom. The van der Waals surface area contributed by atoms with Gasteiger partial charge in [0.2, 0.25) is 0 Å². The lowest BCUT2D eigenvalue weighted by molar-refractivity contribution is 0.227. The van der Waals surface area contributed by atoms with E-state index in [-0.39, 0.29) is 0 Å². The van der Waals surface area contributed by atoms with E-state index >= 15 is 0 Å². The number of sulfone groups is 1. The smallest absolute Gasteiger partial charge is 0.150 e. The van der Waals surface area contributed by atoms with E-state index in [0.29, 0.717) is 16.9 Å². The first-order valence-electron chi connectivity index (χ1n) is 7.96. The normalized spacial score (nSPS) is 37.3. The highest BCUT2D eigenvalue weighted by Gasteiger charge is 2.53. The highest BCUT2D eigenvalue weighted by molar-refractivity contribution is 7.91. The zero-order valence-electron chi connectivity index (χ0n) is 12.0. The summed E-state index contributed by atoms with van der Waals surface area (Å²) < 4.78 is 23.2. The molecule has 2 atom stereocenters. The second kappa shape index (κ2) is 5.03. The standard InChI is InChI=1S/C15H27NO2S/c1-2-19(17,18)7-3-6-15(11-16-14-4-5-14)9-12-8-13(12)10-15/h12-14,16H,2-11H2,1H3. The molecule has 3 saturated carbocycles. The van der Waals surface area contributed by atoms with Crippen molar-refractivity contribution in [3.05, 3.63) is 0 Å². The quantitative estimate of drug-likeness (QED) is 0.745. The predicted octanol–water partition coefficient (Wildman–Crippen LogP) is 2.37. The Labute approximate surface area is 117 Å². The molecular weight excluding hydrogens is 258 g/mol. The molecule has 0 radical (unpaired) electrons. The van der Waals surface area contributed by atoms with E-state index in [9.17, 15) is 8.42 Å². The molecule has 3 fully saturated rings. The van der Waals surface area contributed by atoms with Crippen molar-refractivity contribution < 1.29 is 8.42 Å². The van der Waals surface area contributed by atoms with Crippen LogP contribution in [0.1, 0.15) is 51.9 Å². The number of nitrogens with one attached hydrogen (secondary N) is 1. The molecule has 4 heteroatoms. The molecule has 0 aromatic carbocycles. The van der Waals surface area contributed by atoms with E-state index in [2.05, 4.69) is 5.32 Å².